The van der Waals surface area contributed by atoms with Gasteiger partial charge in [-0.3, -0.25) is 4.79 Å². The minimum Gasteiger partial charge on any atom is -0.480 e. The molecule has 0 spiro atoms. The highest BCUT2D eigenvalue weighted by atomic mass is 16.4. The molecule has 3 unspecified atom stereocenters. The minimum atomic E-state index is -0.934. The number of aliphatic carboxylic acids is 1. The fourth-order valence-corrected chi connectivity index (χ4v) is 3.31. The second-order valence-electron chi connectivity index (χ2n) is 6.86. The number of rotatable bonds is 9. The van der Waals surface area contributed by atoms with Gasteiger partial charge in [0.2, 0.25) is 5.91 Å². The molecule has 1 amide bonds. The molecule has 4 nitrogen and oxygen atoms in total. The van der Waals surface area contributed by atoms with E-state index in [9.17, 15) is 14.7 Å². The summed E-state index contributed by atoms with van der Waals surface area (Å²) in [5.41, 5.74) is 0. The van der Waals surface area contributed by atoms with Crippen LogP contribution >= 0.6 is 0 Å². The molecule has 3 atom stereocenters. The first kappa shape index (κ1) is 18.7. The van der Waals surface area contributed by atoms with E-state index in [1.165, 1.54) is 12.8 Å². The molecule has 1 aliphatic rings. The predicted octanol–water partition coefficient (Wildman–Crippen LogP) is 3.76. The number of nitrogens with one attached hydrogen (secondary N) is 1. The van der Waals surface area contributed by atoms with Crippen LogP contribution in [0.15, 0.2) is 12.2 Å². The number of allylic oxidation sites excluding steroid dienone is 2. The smallest absolute Gasteiger partial charge is 0.326 e. The summed E-state index contributed by atoms with van der Waals surface area (Å²) in [6, 6.07) is -0.757. The first-order valence-electron chi connectivity index (χ1n) is 8.61. The van der Waals surface area contributed by atoms with Gasteiger partial charge in [-0.25, -0.2) is 4.79 Å². The lowest BCUT2D eigenvalue weighted by molar-refractivity contribution is -0.142. The average Bonchev–Trinajstić information content (AvgIpc) is 2.85. The van der Waals surface area contributed by atoms with Crippen LogP contribution < -0.4 is 5.32 Å². The first-order valence-corrected chi connectivity index (χ1v) is 8.61. The number of carboxylic acid groups (broad SMARTS) is 1. The van der Waals surface area contributed by atoms with Gasteiger partial charge in [0, 0.05) is 6.42 Å². The maximum atomic E-state index is 12.2. The van der Waals surface area contributed by atoms with Gasteiger partial charge >= 0.3 is 5.97 Å². The summed E-state index contributed by atoms with van der Waals surface area (Å²) in [5, 5.41) is 11.9. The van der Waals surface area contributed by atoms with Crippen molar-refractivity contribution in [1.82, 2.24) is 5.32 Å². The van der Waals surface area contributed by atoms with Crippen molar-refractivity contribution in [2.75, 3.05) is 0 Å². The molecule has 0 aliphatic heterocycles. The third-order valence-electron chi connectivity index (χ3n) is 4.45. The standard InChI is InChI=1S/C18H31NO3/c1-4-5-6-8-14-9-7-10-15(14)12-17(20)19-16(18(21)22)11-13(2)3/h5-6,13-16H,4,7-12H2,1-3H3,(H,19,20)(H,21,22). The van der Waals surface area contributed by atoms with Crippen molar-refractivity contribution >= 4 is 11.9 Å². The SMILES string of the molecule is CCC=CCC1CCCC1CC(=O)NC(CC(C)C)C(=O)O. The van der Waals surface area contributed by atoms with Crippen molar-refractivity contribution < 1.29 is 14.7 Å². The van der Waals surface area contributed by atoms with Crippen LogP contribution in [0.2, 0.25) is 0 Å². The molecule has 1 aliphatic carbocycles. The van der Waals surface area contributed by atoms with Crippen LogP contribution in [-0.2, 0) is 9.59 Å². The van der Waals surface area contributed by atoms with Crippen molar-refractivity contribution in [3.05, 3.63) is 12.2 Å². The zero-order chi connectivity index (χ0) is 16.5. The summed E-state index contributed by atoms with van der Waals surface area (Å²) in [6.07, 6.45) is 10.9. The first-order chi connectivity index (χ1) is 10.4. The van der Waals surface area contributed by atoms with Crippen molar-refractivity contribution in [1.29, 1.82) is 0 Å². The Labute approximate surface area is 134 Å². The summed E-state index contributed by atoms with van der Waals surface area (Å²) >= 11 is 0. The van der Waals surface area contributed by atoms with E-state index in [0.29, 0.717) is 24.7 Å². The molecule has 0 aromatic rings. The monoisotopic (exact) mass is 309 g/mol. The van der Waals surface area contributed by atoms with Crippen LogP contribution in [0.4, 0.5) is 0 Å². The van der Waals surface area contributed by atoms with Crippen LogP contribution in [0.3, 0.4) is 0 Å². The third kappa shape index (κ3) is 6.63. The van der Waals surface area contributed by atoms with Crippen molar-refractivity contribution in [3.63, 3.8) is 0 Å². The topological polar surface area (TPSA) is 66.4 Å². The molecule has 22 heavy (non-hydrogen) atoms. The Morgan fingerprint density at radius 2 is 1.91 bits per heavy atom. The Morgan fingerprint density at radius 1 is 1.23 bits per heavy atom. The molecule has 4 heteroatoms. The lowest BCUT2D eigenvalue weighted by Gasteiger charge is -2.20. The van der Waals surface area contributed by atoms with Gasteiger partial charge in [0.05, 0.1) is 0 Å². The molecule has 0 aromatic carbocycles. The molecule has 1 rings (SSSR count). The number of carbonyl (C=O) groups is 2. The Bertz CT molecular complexity index is 390. The van der Waals surface area contributed by atoms with Gasteiger partial charge < -0.3 is 10.4 Å². The van der Waals surface area contributed by atoms with Crippen LogP contribution in [0.1, 0.15) is 65.7 Å². The van der Waals surface area contributed by atoms with Gasteiger partial charge in [-0.05, 0) is 49.9 Å². The molecule has 1 saturated carbocycles. The van der Waals surface area contributed by atoms with E-state index in [-0.39, 0.29) is 11.8 Å². The number of carbonyl (C=O) groups excluding carboxylic acids is 1. The zero-order valence-corrected chi connectivity index (χ0v) is 14.2. The fraction of sp³-hybridized carbons (Fsp3) is 0.778. The van der Waals surface area contributed by atoms with Gasteiger partial charge in [-0.15, -0.1) is 0 Å². The third-order valence-corrected chi connectivity index (χ3v) is 4.45. The van der Waals surface area contributed by atoms with Gasteiger partial charge in [-0.1, -0.05) is 39.3 Å². The Morgan fingerprint density at radius 3 is 2.50 bits per heavy atom. The molecule has 0 bridgehead atoms. The van der Waals surface area contributed by atoms with E-state index in [1.54, 1.807) is 0 Å². The summed E-state index contributed by atoms with van der Waals surface area (Å²) in [7, 11) is 0. The summed E-state index contributed by atoms with van der Waals surface area (Å²) in [5.74, 6) is 0.178. The summed E-state index contributed by atoms with van der Waals surface area (Å²) < 4.78 is 0. The van der Waals surface area contributed by atoms with E-state index in [1.807, 2.05) is 13.8 Å². The van der Waals surface area contributed by atoms with Crippen LogP contribution in [-0.4, -0.2) is 23.0 Å². The highest BCUT2D eigenvalue weighted by Crippen LogP contribution is 2.36. The molecular weight excluding hydrogens is 278 g/mol. The molecule has 0 aromatic heterocycles. The molecule has 2 N–H and O–H groups in total. The Kier molecular flexibility index (Phi) is 8.21. The van der Waals surface area contributed by atoms with Gasteiger partial charge in [0.25, 0.3) is 0 Å². The molecule has 0 radical (unpaired) electrons. The number of hydrogen-bond acceptors (Lipinski definition) is 2. The lowest BCUT2D eigenvalue weighted by Crippen LogP contribution is -2.42. The summed E-state index contributed by atoms with van der Waals surface area (Å²) in [6.45, 7) is 6.06. The predicted molar refractivity (Wildman–Crippen MR) is 88.5 cm³/mol. The molecule has 1 fully saturated rings. The van der Waals surface area contributed by atoms with E-state index in [2.05, 4.69) is 24.4 Å². The molecular formula is C18H31NO3. The average molecular weight is 309 g/mol. The zero-order valence-electron chi connectivity index (χ0n) is 14.2. The normalized spacial score (nSPS) is 23.1. The molecule has 0 saturated heterocycles. The van der Waals surface area contributed by atoms with Crippen molar-refractivity contribution in [3.8, 4) is 0 Å². The van der Waals surface area contributed by atoms with E-state index < -0.39 is 12.0 Å². The quantitative estimate of drug-likeness (QED) is 0.637. The van der Waals surface area contributed by atoms with E-state index in [0.717, 1.165) is 19.3 Å². The fourth-order valence-electron chi connectivity index (χ4n) is 3.31. The molecule has 126 valence electrons. The second-order valence-corrected chi connectivity index (χ2v) is 6.86. The highest BCUT2D eigenvalue weighted by Gasteiger charge is 2.29. The van der Waals surface area contributed by atoms with Crippen LogP contribution in [0.25, 0.3) is 0 Å². The van der Waals surface area contributed by atoms with Crippen LogP contribution in [0, 0.1) is 17.8 Å². The number of amides is 1. The highest BCUT2D eigenvalue weighted by molar-refractivity contribution is 5.83. The van der Waals surface area contributed by atoms with Crippen molar-refractivity contribution in [2.24, 2.45) is 17.8 Å². The Balaban J connectivity index is 2.48. The maximum Gasteiger partial charge on any atom is 0.326 e. The van der Waals surface area contributed by atoms with Gasteiger partial charge in [0.1, 0.15) is 6.04 Å². The second kappa shape index (κ2) is 9.65. The largest absolute Gasteiger partial charge is 0.480 e. The maximum absolute atomic E-state index is 12.2. The lowest BCUT2D eigenvalue weighted by atomic mass is 9.89. The molecule has 0 heterocycles. The van der Waals surface area contributed by atoms with E-state index in [4.69, 9.17) is 0 Å². The minimum absolute atomic E-state index is 0.107. The van der Waals surface area contributed by atoms with Gasteiger partial charge in [0.15, 0.2) is 0 Å². The van der Waals surface area contributed by atoms with E-state index >= 15 is 0 Å². The van der Waals surface area contributed by atoms with Crippen molar-refractivity contribution in [2.45, 2.75) is 71.8 Å². The van der Waals surface area contributed by atoms with Crippen LogP contribution in [0.5, 0.6) is 0 Å². The number of carboxylic acids is 1. The Hall–Kier alpha value is -1.32. The van der Waals surface area contributed by atoms with Gasteiger partial charge in [-0.2, -0.15) is 0 Å². The number of hydrogen-bond donors (Lipinski definition) is 2. The summed E-state index contributed by atoms with van der Waals surface area (Å²) in [4.78, 5) is 23.4.